The molecule has 3 nitrogen and oxygen atoms in total. The van der Waals surface area contributed by atoms with Gasteiger partial charge in [-0.2, -0.15) is 0 Å². The topological polar surface area (TPSA) is 32.3 Å². The molecule has 2 saturated heterocycles. The van der Waals surface area contributed by atoms with E-state index in [1.165, 1.54) is 25.7 Å². The van der Waals surface area contributed by atoms with Crippen molar-refractivity contribution in [1.82, 2.24) is 10.2 Å². The van der Waals surface area contributed by atoms with Crippen molar-refractivity contribution in [3.8, 4) is 0 Å². The van der Waals surface area contributed by atoms with Gasteiger partial charge in [-0.05, 0) is 50.0 Å². The second-order valence-electron chi connectivity index (χ2n) is 8.36. The Hall–Kier alpha value is -0.410. The summed E-state index contributed by atoms with van der Waals surface area (Å²) in [6.45, 7) is 8.74. The van der Waals surface area contributed by atoms with Crippen LogP contribution in [0, 0.1) is 23.2 Å². The molecule has 1 saturated carbocycles. The smallest absolute Gasteiger partial charge is 0.147 e. The number of likely N-dealkylation sites (N-methyl/N-ethyl adjacent to an activating group) is 1. The molecule has 2 heterocycles. The van der Waals surface area contributed by atoms with Crippen LogP contribution in [0.2, 0.25) is 0 Å². The summed E-state index contributed by atoms with van der Waals surface area (Å²) in [5.74, 6) is 2.26. The van der Waals surface area contributed by atoms with Crippen molar-refractivity contribution >= 4 is 5.78 Å². The van der Waals surface area contributed by atoms with Crippen LogP contribution in [0.4, 0.5) is 0 Å². The van der Waals surface area contributed by atoms with E-state index in [1.807, 2.05) is 0 Å². The van der Waals surface area contributed by atoms with Crippen LogP contribution in [0.25, 0.3) is 0 Å². The first-order valence-corrected chi connectivity index (χ1v) is 8.31. The standard InChI is InChI=1S/C17H30N2O/c1-10(20)15-14(17(2,3)4)13-11-8-6-7-9-12(11)18-16(13)19(15)5/h11-16,18H,6-9H2,1-5H3. The number of hydrogen-bond donors (Lipinski definition) is 1. The summed E-state index contributed by atoms with van der Waals surface area (Å²) in [4.78, 5) is 14.6. The predicted molar refractivity (Wildman–Crippen MR) is 81.3 cm³/mol. The van der Waals surface area contributed by atoms with Crippen LogP contribution in [-0.2, 0) is 4.79 Å². The van der Waals surface area contributed by atoms with Gasteiger partial charge in [0.25, 0.3) is 0 Å². The molecule has 0 aromatic carbocycles. The molecule has 0 aromatic rings. The number of Topliss-reactive ketones (excluding diaryl/α,β-unsaturated/α-hetero) is 1. The highest BCUT2D eigenvalue weighted by Crippen LogP contribution is 2.53. The van der Waals surface area contributed by atoms with Crippen molar-refractivity contribution < 1.29 is 4.79 Å². The Balaban J connectivity index is 1.97. The maximum absolute atomic E-state index is 12.2. The summed E-state index contributed by atoms with van der Waals surface area (Å²) in [6, 6.07) is 0.791. The van der Waals surface area contributed by atoms with E-state index in [4.69, 9.17) is 0 Å². The zero-order chi connectivity index (χ0) is 14.7. The van der Waals surface area contributed by atoms with Gasteiger partial charge in [0.05, 0.1) is 12.2 Å². The van der Waals surface area contributed by atoms with Crippen molar-refractivity contribution in [2.45, 2.75) is 71.6 Å². The largest absolute Gasteiger partial charge is 0.298 e. The van der Waals surface area contributed by atoms with Gasteiger partial charge < -0.3 is 0 Å². The van der Waals surface area contributed by atoms with E-state index in [2.05, 4.69) is 38.0 Å². The number of carbonyl (C=O) groups is 1. The minimum absolute atomic E-state index is 0.0976. The second-order valence-corrected chi connectivity index (χ2v) is 8.36. The van der Waals surface area contributed by atoms with Gasteiger partial charge in [-0.25, -0.2) is 0 Å². The average Bonchev–Trinajstić information content (AvgIpc) is 2.84. The Kier molecular flexibility index (Phi) is 3.49. The zero-order valence-corrected chi connectivity index (χ0v) is 13.6. The third kappa shape index (κ3) is 2.05. The number of rotatable bonds is 1. The summed E-state index contributed by atoms with van der Waals surface area (Å²) in [5.41, 5.74) is 0.192. The first-order valence-electron chi connectivity index (χ1n) is 8.31. The van der Waals surface area contributed by atoms with Crippen molar-refractivity contribution in [2.24, 2.45) is 23.2 Å². The molecule has 6 atom stereocenters. The molecular formula is C17H30N2O. The van der Waals surface area contributed by atoms with Crippen LogP contribution in [0.1, 0.15) is 53.4 Å². The Morgan fingerprint density at radius 2 is 1.85 bits per heavy atom. The van der Waals surface area contributed by atoms with Crippen LogP contribution in [-0.4, -0.2) is 36.0 Å². The van der Waals surface area contributed by atoms with Crippen molar-refractivity contribution in [3.63, 3.8) is 0 Å². The lowest BCUT2D eigenvalue weighted by molar-refractivity contribution is -0.124. The number of hydrogen-bond acceptors (Lipinski definition) is 3. The number of ketones is 1. The van der Waals surface area contributed by atoms with E-state index in [1.54, 1.807) is 6.92 Å². The number of fused-ring (bicyclic) bond motifs is 3. The molecule has 0 aromatic heterocycles. The van der Waals surface area contributed by atoms with Crippen LogP contribution >= 0.6 is 0 Å². The molecule has 0 spiro atoms. The highest BCUT2D eigenvalue weighted by Gasteiger charge is 2.60. The van der Waals surface area contributed by atoms with E-state index in [0.717, 1.165) is 5.92 Å². The van der Waals surface area contributed by atoms with Gasteiger partial charge in [0.15, 0.2) is 0 Å². The van der Waals surface area contributed by atoms with Gasteiger partial charge in [0.2, 0.25) is 0 Å². The van der Waals surface area contributed by atoms with Crippen molar-refractivity contribution in [3.05, 3.63) is 0 Å². The van der Waals surface area contributed by atoms with E-state index in [0.29, 0.717) is 29.8 Å². The Labute approximate surface area is 123 Å². The average molecular weight is 278 g/mol. The molecule has 3 rings (SSSR count). The van der Waals surface area contributed by atoms with Crippen LogP contribution in [0.5, 0.6) is 0 Å². The molecule has 0 bridgehead atoms. The normalized spacial score (nSPS) is 45.2. The summed E-state index contributed by atoms with van der Waals surface area (Å²) in [7, 11) is 2.15. The van der Waals surface area contributed by atoms with E-state index in [-0.39, 0.29) is 11.5 Å². The lowest BCUT2D eigenvalue weighted by Crippen LogP contribution is -2.48. The molecule has 3 heteroatoms. The lowest BCUT2D eigenvalue weighted by Gasteiger charge is -2.39. The summed E-state index contributed by atoms with van der Waals surface area (Å²) < 4.78 is 0. The van der Waals surface area contributed by atoms with Crippen molar-refractivity contribution in [2.75, 3.05) is 7.05 Å². The van der Waals surface area contributed by atoms with Crippen LogP contribution < -0.4 is 5.32 Å². The molecule has 0 radical (unpaired) electrons. The first kappa shape index (κ1) is 14.5. The van der Waals surface area contributed by atoms with Crippen molar-refractivity contribution in [1.29, 1.82) is 0 Å². The molecule has 1 N–H and O–H groups in total. The summed E-state index contributed by atoms with van der Waals surface area (Å²) >= 11 is 0. The Morgan fingerprint density at radius 1 is 1.20 bits per heavy atom. The summed E-state index contributed by atoms with van der Waals surface area (Å²) in [6.07, 6.45) is 5.84. The number of nitrogens with zero attached hydrogens (tertiary/aromatic N) is 1. The lowest BCUT2D eigenvalue weighted by atomic mass is 9.65. The molecule has 20 heavy (non-hydrogen) atoms. The third-order valence-corrected chi connectivity index (χ3v) is 6.11. The molecule has 2 aliphatic heterocycles. The molecular weight excluding hydrogens is 248 g/mol. The zero-order valence-electron chi connectivity index (χ0n) is 13.6. The maximum Gasteiger partial charge on any atom is 0.147 e. The molecule has 1 aliphatic carbocycles. The van der Waals surface area contributed by atoms with E-state index < -0.39 is 0 Å². The fraction of sp³-hybridized carbons (Fsp3) is 0.941. The van der Waals surface area contributed by atoms with E-state index in [9.17, 15) is 4.79 Å². The summed E-state index contributed by atoms with van der Waals surface area (Å²) in [5, 5.41) is 3.87. The van der Waals surface area contributed by atoms with Gasteiger partial charge in [-0.15, -0.1) is 0 Å². The molecule has 0 amide bonds. The second kappa shape index (κ2) is 4.81. The minimum atomic E-state index is 0.0976. The van der Waals surface area contributed by atoms with E-state index >= 15 is 0 Å². The molecule has 3 fully saturated rings. The monoisotopic (exact) mass is 278 g/mol. The molecule has 3 aliphatic rings. The van der Waals surface area contributed by atoms with Crippen LogP contribution in [0.15, 0.2) is 0 Å². The number of nitrogens with one attached hydrogen (secondary N) is 1. The van der Waals surface area contributed by atoms with Crippen LogP contribution in [0.3, 0.4) is 0 Å². The SMILES string of the molecule is CC(=O)C1C(C(C)(C)C)C2C3CCCCC3NC2N1C. The third-order valence-electron chi connectivity index (χ3n) is 6.11. The van der Waals surface area contributed by atoms with Gasteiger partial charge >= 0.3 is 0 Å². The highest BCUT2D eigenvalue weighted by atomic mass is 16.1. The minimum Gasteiger partial charge on any atom is -0.298 e. The van der Waals surface area contributed by atoms with Gasteiger partial charge in [0, 0.05) is 6.04 Å². The van der Waals surface area contributed by atoms with Gasteiger partial charge in [0.1, 0.15) is 5.78 Å². The molecule has 6 unspecified atom stereocenters. The highest BCUT2D eigenvalue weighted by molar-refractivity contribution is 5.82. The maximum atomic E-state index is 12.2. The fourth-order valence-electron chi connectivity index (χ4n) is 5.47. The Bertz CT molecular complexity index is 400. The number of carbonyl (C=O) groups excluding carboxylic acids is 1. The van der Waals surface area contributed by atoms with Gasteiger partial charge in [-0.1, -0.05) is 33.6 Å². The fourth-order valence-corrected chi connectivity index (χ4v) is 5.47. The number of likely N-dealkylation sites (tertiary alicyclic amines) is 1. The Morgan fingerprint density at radius 3 is 2.45 bits per heavy atom. The quantitative estimate of drug-likeness (QED) is 0.800. The van der Waals surface area contributed by atoms with Gasteiger partial charge in [-0.3, -0.25) is 15.0 Å². The predicted octanol–water partition coefficient (Wildman–Crippen LogP) is 2.66. The first-order chi connectivity index (χ1) is 9.32. The molecule has 114 valence electrons.